The molecule has 6 heteroatoms. The summed E-state index contributed by atoms with van der Waals surface area (Å²) in [5, 5.41) is 2.88. The number of hydrogen-bond donors (Lipinski definition) is 2. The zero-order valence-electron chi connectivity index (χ0n) is 16.8. The summed E-state index contributed by atoms with van der Waals surface area (Å²) >= 11 is 0. The average Bonchev–Trinajstić information content (AvgIpc) is 2.74. The first-order chi connectivity index (χ1) is 13.6. The molecule has 0 saturated heterocycles. The summed E-state index contributed by atoms with van der Waals surface area (Å²) in [6.07, 6.45) is 5.82. The zero-order chi connectivity index (χ0) is 19.9. The molecular weight excluding hydrogens is 386 g/mol. The molecule has 1 saturated carbocycles. The Morgan fingerprint density at radius 1 is 1.03 bits per heavy atom. The summed E-state index contributed by atoms with van der Waals surface area (Å²) in [5.74, 6) is -0.243. The van der Waals surface area contributed by atoms with Gasteiger partial charge in [-0.25, -0.2) is 0 Å². The Balaban J connectivity index is 0.00000300. The van der Waals surface area contributed by atoms with Crippen molar-refractivity contribution < 1.29 is 9.59 Å². The number of carbonyl (C=O) groups excluding carboxylic acids is 2. The van der Waals surface area contributed by atoms with Crippen LogP contribution in [0.2, 0.25) is 0 Å². The first-order valence-electron chi connectivity index (χ1n) is 10.0. The lowest BCUT2D eigenvalue weighted by atomic mass is 9.94. The van der Waals surface area contributed by atoms with Crippen LogP contribution in [0.4, 0.5) is 5.69 Å². The lowest BCUT2D eigenvalue weighted by Crippen LogP contribution is -2.38. The molecule has 5 nitrogen and oxygen atoms in total. The number of nitrogens with one attached hydrogen (secondary N) is 1. The minimum absolute atomic E-state index is 0. The lowest BCUT2D eigenvalue weighted by molar-refractivity contribution is -0.116. The van der Waals surface area contributed by atoms with Gasteiger partial charge < -0.3 is 16.0 Å². The molecule has 0 aromatic heterocycles. The summed E-state index contributed by atoms with van der Waals surface area (Å²) in [5.41, 5.74) is 8.14. The molecule has 0 heterocycles. The van der Waals surface area contributed by atoms with Crippen LogP contribution in [0.1, 0.15) is 60.5 Å². The Morgan fingerprint density at radius 2 is 1.66 bits per heavy atom. The molecule has 2 aromatic carbocycles. The van der Waals surface area contributed by atoms with E-state index in [4.69, 9.17) is 5.73 Å². The smallest absolute Gasteiger partial charge is 0.255 e. The highest BCUT2D eigenvalue weighted by Crippen LogP contribution is 2.25. The Labute approximate surface area is 179 Å². The predicted octanol–water partition coefficient (Wildman–Crippen LogP) is 4.54. The van der Waals surface area contributed by atoms with Crippen LogP contribution in [0.3, 0.4) is 0 Å². The summed E-state index contributed by atoms with van der Waals surface area (Å²) in [6, 6.07) is 16.6. The Hall–Kier alpha value is -2.37. The number of hydrogen-bond acceptors (Lipinski definition) is 3. The summed E-state index contributed by atoms with van der Waals surface area (Å²) in [4.78, 5) is 27.4. The number of anilines is 1. The van der Waals surface area contributed by atoms with E-state index in [2.05, 4.69) is 5.32 Å². The SMILES string of the molecule is CN(C(=O)c1ccccc1NC(=O)CC(N)c1ccccc1)C1CCCCC1.Cl. The maximum Gasteiger partial charge on any atom is 0.255 e. The average molecular weight is 416 g/mol. The molecule has 0 aliphatic heterocycles. The van der Waals surface area contributed by atoms with Crippen molar-refractivity contribution in [2.24, 2.45) is 5.73 Å². The molecular formula is C23H30ClN3O2. The van der Waals surface area contributed by atoms with Gasteiger partial charge in [-0.15, -0.1) is 12.4 Å². The molecule has 3 N–H and O–H groups in total. The number of carbonyl (C=O) groups is 2. The van der Waals surface area contributed by atoms with Gasteiger partial charge in [0, 0.05) is 25.6 Å². The van der Waals surface area contributed by atoms with Crippen molar-refractivity contribution in [3.8, 4) is 0 Å². The van der Waals surface area contributed by atoms with Crippen LogP contribution < -0.4 is 11.1 Å². The number of halogens is 1. The van der Waals surface area contributed by atoms with Crippen LogP contribution in [0, 0.1) is 0 Å². The van der Waals surface area contributed by atoms with Gasteiger partial charge in [0.05, 0.1) is 11.3 Å². The van der Waals surface area contributed by atoms with Crippen molar-refractivity contribution in [1.82, 2.24) is 4.90 Å². The van der Waals surface area contributed by atoms with Gasteiger partial charge in [-0.2, -0.15) is 0 Å². The highest BCUT2D eigenvalue weighted by Gasteiger charge is 2.25. The highest BCUT2D eigenvalue weighted by molar-refractivity contribution is 6.03. The molecule has 0 spiro atoms. The van der Waals surface area contributed by atoms with Crippen molar-refractivity contribution in [1.29, 1.82) is 0 Å². The quantitative estimate of drug-likeness (QED) is 0.727. The fourth-order valence-corrected chi connectivity index (χ4v) is 3.82. The maximum atomic E-state index is 13.0. The van der Waals surface area contributed by atoms with Gasteiger partial charge in [0.25, 0.3) is 5.91 Å². The molecule has 1 fully saturated rings. The monoisotopic (exact) mass is 415 g/mol. The van der Waals surface area contributed by atoms with Gasteiger partial charge in [0.1, 0.15) is 0 Å². The third kappa shape index (κ3) is 6.05. The number of amides is 2. The molecule has 0 radical (unpaired) electrons. The van der Waals surface area contributed by atoms with E-state index < -0.39 is 0 Å². The second kappa shape index (κ2) is 11.0. The Morgan fingerprint density at radius 3 is 2.34 bits per heavy atom. The summed E-state index contributed by atoms with van der Waals surface area (Å²) < 4.78 is 0. The number of nitrogens with zero attached hydrogens (tertiary/aromatic N) is 1. The minimum Gasteiger partial charge on any atom is -0.339 e. The summed E-state index contributed by atoms with van der Waals surface area (Å²) in [6.45, 7) is 0. The van der Waals surface area contributed by atoms with E-state index >= 15 is 0 Å². The van der Waals surface area contributed by atoms with Gasteiger partial charge in [0.2, 0.25) is 5.91 Å². The van der Waals surface area contributed by atoms with E-state index in [0.29, 0.717) is 11.3 Å². The first kappa shape index (κ1) is 22.9. The molecule has 156 valence electrons. The van der Waals surface area contributed by atoms with Crippen molar-refractivity contribution in [2.45, 2.75) is 50.6 Å². The van der Waals surface area contributed by atoms with Crippen molar-refractivity contribution in [3.05, 3.63) is 65.7 Å². The van der Waals surface area contributed by atoms with E-state index in [9.17, 15) is 9.59 Å². The van der Waals surface area contributed by atoms with Crippen LogP contribution in [0.15, 0.2) is 54.6 Å². The molecule has 2 aromatic rings. The van der Waals surface area contributed by atoms with E-state index in [1.54, 1.807) is 12.1 Å². The van der Waals surface area contributed by atoms with Gasteiger partial charge in [0.15, 0.2) is 0 Å². The standard InChI is InChI=1S/C23H29N3O2.ClH/c1-26(18-12-6-3-7-13-18)23(28)19-14-8-9-15-21(19)25-22(27)16-20(24)17-10-4-2-5-11-17;/h2,4-5,8-11,14-15,18,20H,3,6-7,12-13,16,24H2,1H3,(H,25,27);1H. The molecule has 1 aliphatic rings. The van der Waals surface area contributed by atoms with Gasteiger partial charge in [-0.05, 0) is 30.5 Å². The van der Waals surface area contributed by atoms with Crippen LogP contribution in [0.5, 0.6) is 0 Å². The van der Waals surface area contributed by atoms with Gasteiger partial charge in [-0.1, -0.05) is 61.7 Å². The fraction of sp³-hybridized carbons (Fsp3) is 0.391. The van der Waals surface area contributed by atoms with Crippen molar-refractivity contribution in [3.63, 3.8) is 0 Å². The molecule has 29 heavy (non-hydrogen) atoms. The predicted molar refractivity (Wildman–Crippen MR) is 119 cm³/mol. The zero-order valence-corrected chi connectivity index (χ0v) is 17.7. The molecule has 1 atom stereocenters. The van der Waals surface area contributed by atoms with E-state index in [1.165, 1.54) is 6.42 Å². The lowest BCUT2D eigenvalue weighted by Gasteiger charge is -2.31. The van der Waals surface area contributed by atoms with Crippen molar-refractivity contribution in [2.75, 3.05) is 12.4 Å². The van der Waals surface area contributed by atoms with E-state index in [0.717, 1.165) is 31.2 Å². The van der Waals surface area contributed by atoms with Gasteiger partial charge >= 0.3 is 0 Å². The molecule has 3 rings (SSSR count). The fourth-order valence-electron chi connectivity index (χ4n) is 3.82. The number of benzene rings is 2. The highest BCUT2D eigenvalue weighted by atomic mass is 35.5. The first-order valence-corrected chi connectivity index (χ1v) is 10.0. The summed E-state index contributed by atoms with van der Waals surface area (Å²) in [7, 11) is 1.86. The molecule has 0 bridgehead atoms. The number of para-hydroxylation sites is 1. The topological polar surface area (TPSA) is 75.4 Å². The van der Waals surface area contributed by atoms with Gasteiger partial charge in [-0.3, -0.25) is 9.59 Å². The molecule has 2 amide bonds. The third-order valence-electron chi connectivity index (χ3n) is 5.51. The largest absolute Gasteiger partial charge is 0.339 e. The Bertz CT molecular complexity index is 807. The maximum absolute atomic E-state index is 13.0. The minimum atomic E-state index is -0.381. The molecule has 1 unspecified atom stereocenters. The van der Waals surface area contributed by atoms with E-state index in [-0.39, 0.29) is 42.7 Å². The van der Waals surface area contributed by atoms with Crippen LogP contribution in [-0.2, 0) is 4.79 Å². The van der Waals surface area contributed by atoms with Crippen LogP contribution in [-0.4, -0.2) is 29.8 Å². The molecule has 1 aliphatic carbocycles. The number of nitrogens with two attached hydrogens (primary N) is 1. The second-order valence-corrected chi connectivity index (χ2v) is 7.52. The van der Waals surface area contributed by atoms with Crippen LogP contribution in [0.25, 0.3) is 0 Å². The number of rotatable bonds is 6. The second-order valence-electron chi connectivity index (χ2n) is 7.52. The Kier molecular flexibility index (Phi) is 8.68. The van der Waals surface area contributed by atoms with Crippen LogP contribution >= 0.6 is 12.4 Å². The normalized spacial score (nSPS) is 15.1. The van der Waals surface area contributed by atoms with E-state index in [1.807, 2.05) is 54.4 Å². The van der Waals surface area contributed by atoms with Crippen molar-refractivity contribution >= 4 is 29.9 Å². The third-order valence-corrected chi connectivity index (χ3v) is 5.51.